The molecule has 2 aromatic rings. The fourth-order valence-electron chi connectivity index (χ4n) is 4.50. The van der Waals surface area contributed by atoms with Crippen LogP contribution < -0.4 is 4.90 Å². The molecule has 2 unspecified atom stereocenters. The molecule has 4 rings (SSSR count). The summed E-state index contributed by atoms with van der Waals surface area (Å²) in [6, 6.07) is 5.67. The van der Waals surface area contributed by atoms with E-state index in [1.165, 1.54) is 31.2 Å². The van der Waals surface area contributed by atoms with Crippen molar-refractivity contribution in [3.8, 4) is 0 Å². The van der Waals surface area contributed by atoms with Gasteiger partial charge >= 0.3 is 5.97 Å². The molecule has 2 heterocycles. The van der Waals surface area contributed by atoms with Crippen LogP contribution >= 0.6 is 0 Å². The van der Waals surface area contributed by atoms with Crippen LogP contribution in [0.5, 0.6) is 0 Å². The summed E-state index contributed by atoms with van der Waals surface area (Å²) < 4.78 is 0. The number of benzene rings is 1. The predicted octanol–water partition coefficient (Wildman–Crippen LogP) is 3.64. The minimum atomic E-state index is -0.883. The van der Waals surface area contributed by atoms with Crippen LogP contribution in [0.4, 0.5) is 5.69 Å². The van der Waals surface area contributed by atoms with E-state index in [4.69, 9.17) is 0 Å². The number of carboxylic acids is 1. The van der Waals surface area contributed by atoms with Gasteiger partial charge in [-0.15, -0.1) is 0 Å². The number of rotatable bonds is 3. The van der Waals surface area contributed by atoms with Crippen LogP contribution in [0, 0.1) is 5.92 Å². The zero-order chi connectivity index (χ0) is 16.7. The monoisotopic (exact) mass is 323 g/mol. The maximum Gasteiger partial charge on any atom is 0.335 e. The molecule has 1 aliphatic heterocycles. The van der Waals surface area contributed by atoms with Gasteiger partial charge < -0.3 is 10.0 Å². The number of aromatic nitrogens is 2. The number of hydrogen-bond acceptors (Lipinski definition) is 4. The Morgan fingerprint density at radius 1 is 1.25 bits per heavy atom. The molecule has 2 atom stereocenters. The first-order valence-electron chi connectivity index (χ1n) is 8.53. The van der Waals surface area contributed by atoms with Crippen molar-refractivity contribution in [1.82, 2.24) is 9.97 Å². The van der Waals surface area contributed by atoms with Crippen LogP contribution in [0.2, 0.25) is 0 Å². The maximum atomic E-state index is 11.4. The van der Waals surface area contributed by atoms with Crippen molar-refractivity contribution in [3.05, 3.63) is 53.6 Å². The van der Waals surface area contributed by atoms with E-state index >= 15 is 0 Å². The number of aromatic carboxylic acids is 1. The molecule has 0 radical (unpaired) electrons. The van der Waals surface area contributed by atoms with Gasteiger partial charge in [0, 0.05) is 31.0 Å². The first-order valence-corrected chi connectivity index (χ1v) is 8.53. The maximum absolute atomic E-state index is 11.4. The third-order valence-corrected chi connectivity index (χ3v) is 5.57. The van der Waals surface area contributed by atoms with Gasteiger partial charge in [-0.3, -0.25) is 9.97 Å². The van der Waals surface area contributed by atoms with E-state index in [0.717, 1.165) is 11.4 Å². The lowest BCUT2D eigenvalue weighted by molar-refractivity contribution is 0.0697. The number of nitrogens with zero attached hydrogens (tertiary/aromatic N) is 3. The van der Waals surface area contributed by atoms with Crippen molar-refractivity contribution in [1.29, 1.82) is 0 Å². The van der Waals surface area contributed by atoms with Crippen LogP contribution in [0.15, 0.2) is 36.8 Å². The highest BCUT2D eigenvalue weighted by Crippen LogP contribution is 2.54. The Morgan fingerprint density at radius 2 is 2.04 bits per heavy atom. The van der Waals surface area contributed by atoms with Gasteiger partial charge in [-0.1, -0.05) is 18.9 Å². The molecule has 1 aromatic heterocycles. The molecular weight excluding hydrogens is 302 g/mol. The van der Waals surface area contributed by atoms with E-state index in [1.54, 1.807) is 24.5 Å². The highest BCUT2D eigenvalue weighted by atomic mass is 16.4. The summed E-state index contributed by atoms with van der Waals surface area (Å²) in [5.74, 6) is 0.0926. The zero-order valence-electron chi connectivity index (χ0n) is 13.7. The topological polar surface area (TPSA) is 66.3 Å². The molecule has 0 bridgehead atoms. The van der Waals surface area contributed by atoms with E-state index < -0.39 is 5.97 Å². The number of fused-ring (bicyclic) bond motifs is 1. The van der Waals surface area contributed by atoms with Crippen LogP contribution in [0.25, 0.3) is 0 Å². The van der Waals surface area contributed by atoms with Gasteiger partial charge in [-0.2, -0.15) is 0 Å². The standard InChI is InChI=1S/C19H21N3O2/c1-22-16-10-13(19(23)24)6-7-14(16)17(12-4-2-3-5-12)18(22)15-11-20-8-9-21-15/h6-12,17-18H,2-5H2,1H3,(H,23,24). The molecule has 1 saturated carbocycles. The van der Waals surface area contributed by atoms with E-state index in [-0.39, 0.29) is 6.04 Å². The molecule has 1 fully saturated rings. The smallest absolute Gasteiger partial charge is 0.335 e. The highest BCUT2D eigenvalue weighted by molar-refractivity contribution is 5.89. The molecule has 2 aliphatic rings. The van der Waals surface area contributed by atoms with Gasteiger partial charge in [0.2, 0.25) is 0 Å². The second-order valence-corrected chi connectivity index (χ2v) is 6.84. The number of carbonyl (C=O) groups is 1. The lowest BCUT2D eigenvalue weighted by atomic mass is 9.80. The van der Waals surface area contributed by atoms with Crippen LogP contribution in [0.1, 0.15) is 59.3 Å². The second-order valence-electron chi connectivity index (χ2n) is 6.84. The van der Waals surface area contributed by atoms with Gasteiger partial charge in [0.25, 0.3) is 0 Å². The van der Waals surface area contributed by atoms with E-state index in [1.807, 2.05) is 19.3 Å². The lowest BCUT2D eigenvalue weighted by Gasteiger charge is -2.29. The quantitative estimate of drug-likeness (QED) is 0.934. The normalized spacial score (nSPS) is 23.5. The molecule has 0 saturated heterocycles. The summed E-state index contributed by atoms with van der Waals surface area (Å²) in [4.78, 5) is 22.3. The third kappa shape index (κ3) is 2.35. The fourth-order valence-corrected chi connectivity index (χ4v) is 4.50. The summed E-state index contributed by atoms with van der Waals surface area (Å²) in [7, 11) is 2.04. The van der Waals surface area contributed by atoms with Crippen molar-refractivity contribution in [3.63, 3.8) is 0 Å². The van der Waals surface area contributed by atoms with Crippen LogP contribution in [-0.4, -0.2) is 28.1 Å². The van der Waals surface area contributed by atoms with Crippen LogP contribution in [0.3, 0.4) is 0 Å². The number of likely N-dealkylation sites (N-methyl/N-ethyl adjacent to an activating group) is 1. The van der Waals surface area contributed by atoms with Gasteiger partial charge in [0.05, 0.1) is 23.5 Å². The van der Waals surface area contributed by atoms with Gasteiger partial charge in [0.15, 0.2) is 0 Å². The zero-order valence-corrected chi connectivity index (χ0v) is 13.7. The predicted molar refractivity (Wildman–Crippen MR) is 91.3 cm³/mol. The molecule has 0 spiro atoms. The van der Waals surface area contributed by atoms with Crippen molar-refractivity contribution in [2.45, 2.75) is 37.6 Å². The molecule has 1 N–H and O–H groups in total. The summed E-state index contributed by atoms with van der Waals surface area (Å²) >= 11 is 0. The van der Waals surface area contributed by atoms with Crippen molar-refractivity contribution >= 4 is 11.7 Å². The molecule has 1 aliphatic carbocycles. The average molecular weight is 323 g/mol. The number of carboxylic acid groups (broad SMARTS) is 1. The Morgan fingerprint density at radius 3 is 2.71 bits per heavy atom. The third-order valence-electron chi connectivity index (χ3n) is 5.57. The minimum absolute atomic E-state index is 0.126. The summed E-state index contributed by atoms with van der Waals surface area (Å²) in [5, 5.41) is 9.32. The van der Waals surface area contributed by atoms with Gasteiger partial charge in [0.1, 0.15) is 0 Å². The molecule has 5 nitrogen and oxygen atoms in total. The SMILES string of the molecule is CN1c2cc(C(=O)O)ccc2C(C2CCCC2)C1c1cnccn1. The van der Waals surface area contributed by atoms with Crippen molar-refractivity contribution < 1.29 is 9.90 Å². The molecule has 1 aromatic carbocycles. The van der Waals surface area contributed by atoms with Crippen molar-refractivity contribution in [2.24, 2.45) is 5.92 Å². The van der Waals surface area contributed by atoms with E-state index in [2.05, 4.69) is 14.9 Å². The van der Waals surface area contributed by atoms with Gasteiger partial charge in [-0.05, 0) is 36.5 Å². The lowest BCUT2D eigenvalue weighted by Crippen LogP contribution is -2.26. The first-order chi connectivity index (χ1) is 11.7. The summed E-state index contributed by atoms with van der Waals surface area (Å²) in [6.07, 6.45) is 10.3. The van der Waals surface area contributed by atoms with Crippen LogP contribution in [-0.2, 0) is 0 Å². The first kappa shape index (κ1) is 15.1. The molecule has 124 valence electrons. The Labute approximate surface area is 141 Å². The average Bonchev–Trinajstić information content (AvgIpc) is 3.22. The highest BCUT2D eigenvalue weighted by Gasteiger charge is 2.43. The minimum Gasteiger partial charge on any atom is -0.478 e. The molecule has 0 amide bonds. The summed E-state index contributed by atoms with van der Waals surface area (Å²) in [5.41, 5.74) is 3.57. The second kappa shape index (κ2) is 5.89. The van der Waals surface area contributed by atoms with E-state index in [0.29, 0.717) is 17.4 Å². The molecule has 24 heavy (non-hydrogen) atoms. The Balaban J connectivity index is 1.82. The Hall–Kier alpha value is -2.43. The molecular formula is C19H21N3O2. The summed E-state index contributed by atoms with van der Waals surface area (Å²) in [6.45, 7) is 0. The molecule has 5 heteroatoms. The largest absolute Gasteiger partial charge is 0.478 e. The van der Waals surface area contributed by atoms with Gasteiger partial charge in [-0.25, -0.2) is 4.79 Å². The Bertz CT molecular complexity index is 756. The number of hydrogen-bond donors (Lipinski definition) is 1. The van der Waals surface area contributed by atoms with E-state index in [9.17, 15) is 9.90 Å². The fraction of sp³-hybridized carbons (Fsp3) is 0.421. The number of anilines is 1. The van der Waals surface area contributed by atoms with Crippen molar-refractivity contribution in [2.75, 3.05) is 11.9 Å². The Kier molecular flexibility index (Phi) is 3.71.